The second-order valence-electron chi connectivity index (χ2n) is 14.2. The van der Waals surface area contributed by atoms with Crippen molar-refractivity contribution in [1.29, 1.82) is 0 Å². The van der Waals surface area contributed by atoms with E-state index in [4.69, 9.17) is 0 Å². The van der Waals surface area contributed by atoms with E-state index in [0.29, 0.717) is 0 Å². The molecule has 0 amide bonds. The first-order valence-electron chi connectivity index (χ1n) is 18.2. The molecule has 4 nitrogen and oxygen atoms in total. The molecule has 12 rings (SSSR count). The van der Waals surface area contributed by atoms with Gasteiger partial charge in [0.2, 0.25) is 0 Å². The van der Waals surface area contributed by atoms with Gasteiger partial charge in [0.25, 0.3) is 0 Å². The normalized spacial score (nSPS) is 24.6. The molecule has 4 atom stereocenters. The molecule has 248 valence electrons. The first kappa shape index (κ1) is 31.2. The van der Waals surface area contributed by atoms with Gasteiger partial charge in [-0.25, -0.2) is 0 Å². The van der Waals surface area contributed by atoms with Crippen LogP contribution in [0.25, 0.3) is 0 Å². The molecule has 2 saturated heterocycles. The topological polar surface area (TPSA) is 48.1 Å². The fourth-order valence-electron chi connectivity index (χ4n) is 8.51. The summed E-state index contributed by atoms with van der Waals surface area (Å²) in [5.74, 6) is 0. The predicted octanol–water partition coefficient (Wildman–Crippen LogP) is 8.92. The van der Waals surface area contributed by atoms with Gasteiger partial charge in [0, 0.05) is 0 Å². The molecule has 0 spiro atoms. The van der Waals surface area contributed by atoms with Gasteiger partial charge in [-0.15, -0.1) is 0 Å². The lowest BCUT2D eigenvalue weighted by atomic mass is 9.89. The number of hydrogen-bond acceptors (Lipinski definition) is 4. The summed E-state index contributed by atoms with van der Waals surface area (Å²) >= 11 is 0. The smallest absolute Gasteiger partial charge is 0.0849 e. The maximum Gasteiger partial charge on any atom is 0.0849 e. The first-order valence-corrected chi connectivity index (χ1v) is 18.2. The Hall–Kier alpha value is -4.84. The van der Waals surface area contributed by atoms with Crippen LogP contribution in [0.1, 0.15) is 92.1 Å². The van der Waals surface area contributed by atoms with Gasteiger partial charge in [-0.2, -0.15) is 0 Å². The lowest BCUT2D eigenvalue weighted by Crippen LogP contribution is -2.25. The number of benzene rings is 6. The first-order chi connectivity index (χ1) is 24.8. The fraction of sp³-hybridized carbons (Fsp3) is 0.217. The number of nitrogens with one attached hydrogen (secondary N) is 4. The molecule has 0 radical (unpaired) electrons. The molecule has 2 fully saturated rings. The Morgan fingerprint density at radius 3 is 0.920 bits per heavy atom. The molecule has 6 aromatic rings. The molecule has 6 aromatic carbocycles. The third kappa shape index (κ3) is 6.21. The zero-order chi connectivity index (χ0) is 33.3. The Kier molecular flexibility index (Phi) is 8.61. The van der Waals surface area contributed by atoms with Gasteiger partial charge in [0.05, 0.1) is 36.5 Å². The summed E-state index contributed by atoms with van der Waals surface area (Å²) in [5.41, 5.74) is 13.6. The third-order valence-corrected chi connectivity index (χ3v) is 11.1. The van der Waals surface area contributed by atoms with Crippen LogP contribution in [0, 0.1) is 0 Å². The third-order valence-electron chi connectivity index (χ3n) is 11.1. The summed E-state index contributed by atoms with van der Waals surface area (Å²) in [6, 6.07) is 58.8. The average molecular weight is 653 g/mol. The Labute approximate surface area is 296 Å². The summed E-state index contributed by atoms with van der Waals surface area (Å²) in [6.45, 7) is 0. The largest absolute Gasteiger partial charge is 0.289 e. The van der Waals surface area contributed by atoms with E-state index in [1.807, 2.05) is 0 Å². The van der Waals surface area contributed by atoms with Crippen molar-refractivity contribution in [1.82, 2.24) is 21.3 Å². The summed E-state index contributed by atoms with van der Waals surface area (Å²) < 4.78 is 0. The molecule has 4 N–H and O–H groups in total. The quantitative estimate of drug-likeness (QED) is 0.145. The summed E-state index contributed by atoms with van der Waals surface area (Å²) in [4.78, 5) is 0. The standard InChI is InChI=1S/C46H44N4/c1-5-13-35(14-6-1)41-42(36-15-7-2-8-16-36)48-45(47-41)39-29-31-21-22-32-24-26-34(28-27-33(39)25-23-31)40(30-32)46-49-43(37-17-9-3-10-18-37)44(50-46)38-19-11-4-12-20-38/h1-20,23-26,29-30,41-50H,21-22,27-28H2. The van der Waals surface area contributed by atoms with E-state index in [-0.39, 0.29) is 36.5 Å². The van der Waals surface area contributed by atoms with Gasteiger partial charge < -0.3 is 0 Å². The lowest BCUT2D eigenvalue weighted by Gasteiger charge is -2.23. The van der Waals surface area contributed by atoms with Crippen LogP contribution in [0.4, 0.5) is 0 Å². The highest BCUT2D eigenvalue weighted by Gasteiger charge is 2.38. The van der Waals surface area contributed by atoms with Crippen LogP contribution in [-0.2, 0) is 25.7 Å². The SMILES string of the molecule is c1ccc(C2NC(c3cc4ccc3CCc3ccc(cc3C3NC(c5ccccc5)C(c5ccccc5)N3)CC4)NC2c2ccccc2)cc1. The Morgan fingerprint density at radius 2 is 0.620 bits per heavy atom. The van der Waals surface area contributed by atoms with E-state index >= 15 is 0 Å². The minimum Gasteiger partial charge on any atom is -0.289 e. The van der Waals surface area contributed by atoms with Gasteiger partial charge in [-0.3, -0.25) is 21.3 Å². The number of hydrogen-bond donors (Lipinski definition) is 4. The average Bonchev–Trinajstić information content (AvgIpc) is 3.83. The van der Waals surface area contributed by atoms with Crippen molar-refractivity contribution in [3.8, 4) is 0 Å². The molecule has 2 heterocycles. The van der Waals surface area contributed by atoms with Crippen LogP contribution in [0.5, 0.6) is 0 Å². The highest BCUT2D eigenvalue weighted by Crippen LogP contribution is 2.41. The van der Waals surface area contributed by atoms with Gasteiger partial charge in [-0.1, -0.05) is 158 Å². The van der Waals surface area contributed by atoms with Crippen molar-refractivity contribution in [2.45, 2.75) is 62.2 Å². The van der Waals surface area contributed by atoms with Crippen LogP contribution >= 0.6 is 0 Å². The Balaban J connectivity index is 1.03. The molecular formula is C46H44N4. The molecule has 0 aromatic heterocycles. The highest BCUT2D eigenvalue weighted by atomic mass is 15.3. The van der Waals surface area contributed by atoms with Crippen LogP contribution in [0.2, 0.25) is 0 Å². The molecule has 2 aliphatic heterocycles. The highest BCUT2D eigenvalue weighted by molar-refractivity contribution is 5.43. The van der Waals surface area contributed by atoms with E-state index in [9.17, 15) is 0 Å². The van der Waals surface area contributed by atoms with Crippen molar-refractivity contribution in [3.05, 3.63) is 213 Å². The summed E-state index contributed by atoms with van der Waals surface area (Å²) in [5, 5.41) is 16.2. The van der Waals surface area contributed by atoms with Crippen LogP contribution < -0.4 is 21.3 Å². The minimum atomic E-state index is 0.0557. The molecular weight excluding hydrogens is 609 g/mol. The van der Waals surface area contributed by atoms with E-state index in [0.717, 1.165) is 25.7 Å². The van der Waals surface area contributed by atoms with Crippen LogP contribution in [0.15, 0.2) is 158 Å². The van der Waals surface area contributed by atoms with Crippen molar-refractivity contribution in [2.75, 3.05) is 0 Å². The lowest BCUT2D eigenvalue weighted by molar-refractivity contribution is 0.543. The van der Waals surface area contributed by atoms with Crippen molar-refractivity contribution in [2.24, 2.45) is 0 Å². The Morgan fingerprint density at radius 1 is 0.320 bits per heavy atom. The van der Waals surface area contributed by atoms with Gasteiger partial charge in [0.1, 0.15) is 0 Å². The van der Waals surface area contributed by atoms with E-state index < -0.39 is 0 Å². The zero-order valence-corrected chi connectivity index (χ0v) is 28.3. The molecule has 4 unspecified atom stereocenters. The molecule has 4 heteroatoms. The van der Waals surface area contributed by atoms with Crippen molar-refractivity contribution in [3.63, 3.8) is 0 Å². The molecule has 6 aliphatic rings. The van der Waals surface area contributed by atoms with E-state index in [1.165, 1.54) is 55.6 Å². The van der Waals surface area contributed by atoms with Gasteiger partial charge >= 0.3 is 0 Å². The maximum absolute atomic E-state index is 4.05. The van der Waals surface area contributed by atoms with Crippen molar-refractivity contribution >= 4 is 0 Å². The van der Waals surface area contributed by atoms with Crippen LogP contribution in [0.3, 0.4) is 0 Å². The summed E-state index contributed by atoms with van der Waals surface area (Å²) in [6.07, 6.45) is 4.08. The molecule has 4 aliphatic carbocycles. The number of aryl methyl sites for hydroxylation is 4. The second-order valence-corrected chi connectivity index (χ2v) is 14.2. The van der Waals surface area contributed by atoms with Gasteiger partial charge in [0.15, 0.2) is 0 Å². The fourth-order valence-corrected chi connectivity index (χ4v) is 8.51. The minimum absolute atomic E-state index is 0.0557. The number of rotatable bonds is 6. The van der Waals surface area contributed by atoms with E-state index in [2.05, 4.69) is 179 Å². The summed E-state index contributed by atoms with van der Waals surface area (Å²) in [7, 11) is 0. The zero-order valence-electron chi connectivity index (χ0n) is 28.3. The maximum atomic E-state index is 4.05. The second kappa shape index (κ2) is 13.8. The van der Waals surface area contributed by atoms with Crippen LogP contribution in [-0.4, -0.2) is 0 Å². The Bertz CT molecular complexity index is 1800. The predicted molar refractivity (Wildman–Crippen MR) is 202 cm³/mol. The van der Waals surface area contributed by atoms with Gasteiger partial charge in [-0.05, 0) is 81.3 Å². The van der Waals surface area contributed by atoms with Crippen molar-refractivity contribution < 1.29 is 0 Å². The monoisotopic (exact) mass is 652 g/mol. The molecule has 0 saturated carbocycles. The van der Waals surface area contributed by atoms with E-state index in [1.54, 1.807) is 0 Å². The molecule has 4 bridgehead atoms. The molecule has 50 heavy (non-hydrogen) atoms.